The largest absolute Gasteiger partial charge is 0.330 e. The van der Waals surface area contributed by atoms with Crippen molar-refractivity contribution in [1.82, 2.24) is 14.7 Å². The topological polar surface area (TPSA) is 47.1 Å². The molecule has 1 atom stereocenters. The quantitative estimate of drug-likeness (QED) is 0.759. The fourth-order valence-electron chi connectivity index (χ4n) is 1.96. The second kappa shape index (κ2) is 3.71. The molecule has 2 N–H and O–H groups in total. The monoisotopic (exact) mass is 194 g/mol. The van der Waals surface area contributed by atoms with Gasteiger partial charge in [-0.1, -0.05) is 6.92 Å². The van der Waals surface area contributed by atoms with Crippen molar-refractivity contribution >= 4 is 0 Å². The lowest BCUT2D eigenvalue weighted by Crippen LogP contribution is -2.46. The molecule has 0 aromatic carbocycles. The van der Waals surface area contributed by atoms with Gasteiger partial charge in [0, 0.05) is 37.4 Å². The maximum absolute atomic E-state index is 5.67. The Morgan fingerprint density at radius 2 is 2.36 bits per heavy atom. The molecule has 0 aliphatic carbocycles. The van der Waals surface area contributed by atoms with E-state index in [1.165, 1.54) is 5.69 Å². The Bertz CT molecular complexity index is 301. The predicted molar refractivity (Wildman–Crippen MR) is 56.2 cm³/mol. The molecule has 2 rings (SSSR count). The van der Waals surface area contributed by atoms with E-state index in [0.717, 1.165) is 13.1 Å². The minimum absolute atomic E-state index is 0.406. The highest BCUT2D eigenvalue weighted by atomic mass is 15.4. The molecule has 0 radical (unpaired) electrons. The lowest BCUT2D eigenvalue weighted by atomic mass is 10.1. The van der Waals surface area contributed by atoms with Crippen LogP contribution < -0.4 is 5.73 Å². The Labute approximate surface area is 84.7 Å². The van der Waals surface area contributed by atoms with Crippen molar-refractivity contribution in [3.8, 4) is 0 Å². The number of likely N-dealkylation sites (tertiary alicyclic amines) is 1. The summed E-state index contributed by atoms with van der Waals surface area (Å²) in [5.74, 6) is 0.406. The highest BCUT2D eigenvalue weighted by Gasteiger charge is 2.27. The maximum atomic E-state index is 5.67. The van der Waals surface area contributed by atoms with E-state index < -0.39 is 0 Å². The first-order valence-electron chi connectivity index (χ1n) is 5.14. The van der Waals surface area contributed by atoms with Crippen LogP contribution in [-0.2, 0) is 0 Å². The van der Waals surface area contributed by atoms with Crippen LogP contribution in [0.15, 0.2) is 12.3 Å². The van der Waals surface area contributed by atoms with Crippen molar-refractivity contribution in [1.29, 1.82) is 0 Å². The van der Waals surface area contributed by atoms with Gasteiger partial charge in [-0.15, -0.1) is 0 Å². The SMILES string of the molecule is CC(CN)c1ccnn1C1CN(C)C1. The van der Waals surface area contributed by atoms with E-state index in [2.05, 4.69) is 34.7 Å². The molecule has 1 fully saturated rings. The Morgan fingerprint density at radius 3 is 2.93 bits per heavy atom. The van der Waals surface area contributed by atoms with Gasteiger partial charge in [0.1, 0.15) is 0 Å². The first kappa shape index (κ1) is 9.68. The van der Waals surface area contributed by atoms with E-state index in [-0.39, 0.29) is 0 Å². The molecule has 1 aromatic rings. The molecule has 14 heavy (non-hydrogen) atoms. The van der Waals surface area contributed by atoms with Crippen LogP contribution in [0.2, 0.25) is 0 Å². The molecule has 1 aliphatic heterocycles. The molecular formula is C10H18N4. The third-order valence-electron chi connectivity index (χ3n) is 2.95. The van der Waals surface area contributed by atoms with Crippen molar-refractivity contribution in [2.45, 2.75) is 18.9 Å². The molecule has 1 aromatic heterocycles. The zero-order valence-corrected chi connectivity index (χ0v) is 8.85. The van der Waals surface area contributed by atoms with Crippen LogP contribution in [-0.4, -0.2) is 41.4 Å². The van der Waals surface area contributed by atoms with E-state index in [1.54, 1.807) is 0 Å². The summed E-state index contributed by atoms with van der Waals surface area (Å²) in [5.41, 5.74) is 6.94. The fourth-order valence-corrected chi connectivity index (χ4v) is 1.96. The van der Waals surface area contributed by atoms with Gasteiger partial charge in [0.25, 0.3) is 0 Å². The minimum atomic E-state index is 0.406. The van der Waals surface area contributed by atoms with Gasteiger partial charge in [-0.2, -0.15) is 5.10 Å². The highest BCUT2D eigenvalue weighted by molar-refractivity contribution is 5.09. The van der Waals surface area contributed by atoms with Crippen LogP contribution in [0.1, 0.15) is 24.6 Å². The average molecular weight is 194 g/mol. The number of nitrogens with two attached hydrogens (primary N) is 1. The van der Waals surface area contributed by atoms with Crippen molar-refractivity contribution < 1.29 is 0 Å². The molecular weight excluding hydrogens is 176 g/mol. The Morgan fingerprint density at radius 1 is 1.64 bits per heavy atom. The molecule has 2 heterocycles. The number of hydrogen-bond donors (Lipinski definition) is 1. The van der Waals surface area contributed by atoms with Gasteiger partial charge in [0.05, 0.1) is 6.04 Å². The van der Waals surface area contributed by atoms with Gasteiger partial charge in [0.2, 0.25) is 0 Å². The third kappa shape index (κ3) is 1.55. The summed E-state index contributed by atoms with van der Waals surface area (Å²) in [7, 11) is 2.13. The average Bonchev–Trinajstić information content (AvgIpc) is 2.59. The van der Waals surface area contributed by atoms with Gasteiger partial charge in [-0.3, -0.25) is 4.68 Å². The van der Waals surface area contributed by atoms with Crippen LogP contribution in [0, 0.1) is 0 Å². The van der Waals surface area contributed by atoms with E-state index in [9.17, 15) is 0 Å². The highest BCUT2D eigenvalue weighted by Crippen LogP contribution is 2.23. The molecule has 0 spiro atoms. The van der Waals surface area contributed by atoms with Gasteiger partial charge < -0.3 is 10.6 Å². The lowest BCUT2D eigenvalue weighted by molar-refractivity contribution is 0.127. The molecule has 78 valence electrons. The number of hydrogen-bond acceptors (Lipinski definition) is 3. The summed E-state index contributed by atoms with van der Waals surface area (Å²) >= 11 is 0. The van der Waals surface area contributed by atoms with Gasteiger partial charge >= 0.3 is 0 Å². The summed E-state index contributed by atoms with van der Waals surface area (Å²) in [6.07, 6.45) is 1.87. The van der Waals surface area contributed by atoms with Crippen LogP contribution in [0.5, 0.6) is 0 Å². The van der Waals surface area contributed by atoms with Crippen molar-refractivity contribution in [3.63, 3.8) is 0 Å². The molecule has 1 unspecified atom stereocenters. The van der Waals surface area contributed by atoms with Crippen molar-refractivity contribution in [2.75, 3.05) is 26.7 Å². The molecule has 4 heteroatoms. The molecule has 1 aliphatic rings. The zero-order chi connectivity index (χ0) is 10.1. The van der Waals surface area contributed by atoms with Gasteiger partial charge in [-0.05, 0) is 13.1 Å². The predicted octanol–water partition coefficient (Wildman–Crippen LogP) is 0.432. The Kier molecular flexibility index (Phi) is 2.56. The summed E-state index contributed by atoms with van der Waals surface area (Å²) in [5, 5.41) is 4.38. The summed E-state index contributed by atoms with van der Waals surface area (Å²) in [6, 6.07) is 2.63. The fraction of sp³-hybridized carbons (Fsp3) is 0.700. The van der Waals surface area contributed by atoms with Gasteiger partial charge in [-0.25, -0.2) is 0 Å². The van der Waals surface area contributed by atoms with Crippen LogP contribution in [0.3, 0.4) is 0 Å². The van der Waals surface area contributed by atoms with Crippen LogP contribution in [0.25, 0.3) is 0 Å². The van der Waals surface area contributed by atoms with Crippen molar-refractivity contribution in [3.05, 3.63) is 18.0 Å². The third-order valence-corrected chi connectivity index (χ3v) is 2.95. The second-order valence-electron chi connectivity index (χ2n) is 4.21. The number of aromatic nitrogens is 2. The normalized spacial score (nSPS) is 20.8. The molecule has 0 bridgehead atoms. The smallest absolute Gasteiger partial charge is 0.0775 e. The second-order valence-corrected chi connectivity index (χ2v) is 4.21. The molecule has 4 nitrogen and oxygen atoms in total. The van der Waals surface area contributed by atoms with E-state index in [1.807, 2.05) is 6.20 Å². The van der Waals surface area contributed by atoms with Crippen LogP contribution in [0.4, 0.5) is 0 Å². The Hall–Kier alpha value is -0.870. The van der Waals surface area contributed by atoms with Gasteiger partial charge in [0.15, 0.2) is 0 Å². The summed E-state index contributed by atoms with van der Waals surface area (Å²) in [4.78, 5) is 2.29. The van der Waals surface area contributed by atoms with Crippen molar-refractivity contribution in [2.24, 2.45) is 5.73 Å². The zero-order valence-electron chi connectivity index (χ0n) is 8.85. The van der Waals surface area contributed by atoms with E-state index in [0.29, 0.717) is 18.5 Å². The minimum Gasteiger partial charge on any atom is -0.330 e. The maximum Gasteiger partial charge on any atom is 0.0775 e. The first-order chi connectivity index (χ1) is 6.72. The summed E-state index contributed by atoms with van der Waals surface area (Å²) < 4.78 is 2.14. The first-order valence-corrected chi connectivity index (χ1v) is 5.14. The molecule has 1 saturated heterocycles. The lowest BCUT2D eigenvalue weighted by Gasteiger charge is -2.37. The molecule has 0 saturated carbocycles. The standard InChI is InChI=1S/C10H18N4/c1-8(5-11)10-3-4-12-14(10)9-6-13(2)7-9/h3-4,8-9H,5-7,11H2,1-2H3. The number of rotatable bonds is 3. The number of likely N-dealkylation sites (N-methyl/N-ethyl adjacent to an activating group) is 1. The van der Waals surface area contributed by atoms with E-state index in [4.69, 9.17) is 5.73 Å². The summed E-state index contributed by atoms with van der Waals surface area (Å²) in [6.45, 7) is 5.04. The van der Waals surface area contributed by atoms with E-state index >= 15 is 0 Å². The van der Waals surface area contributed by atoms with Crippen LogP contribution >= 0.6 is 0 Å². The molecule has 0 amide bonds. The number of nitrogens with zero attached hydrogens (tertiary/aromatic N) is 3. The Balaban J connectivity index is 2.13.